The van der Waals surface area contributed by atoms with Gasteiger partial charge in [0.25, 0.3) is 0 Å². The van der Waals surface area contributed by atoms with Gasteiger partial charge in [-0.15, -0.1) is 11.3 Å². The van der Waals surface area contributed by atoms with E-state index < -0.39 is 5.41 Å². The van der Waals surface area contributed by atoms with Gasteiger partial charge in [-0.3, -0.25) is 0 Å². The molecule has 244 valence electrons. The molecule has 52 heavy (non-hydrogen) atoms. The SMILES string of the molecule is c1ccc(N(c2cccc3c2-c2ccccc2C3(c2ccccc2)c2ccccc2)c2cccc3sc4ccc5c6ccccc6oc5c4c23)cc1. The molecule has 1 aliphatic rings. The van der Waals surface area contributed by atoms with Gasteiger partial charge in [-0.05, 0) is 76.3 Å². The fraction of sp³-hybridized carbons (Fsp3) is 0.0204. The molecule has 0 radical (unpaired) electrons. The van der Waals surface area contributed by atoms with Crippen LogP contribution in [0.15, 0.2) is 192 Å². The largest absolute Gasteiger partial charge is 0.455 e. The molecule has 0 unspecified atom stereocenters. The first-order valence-corrected chi connectivity index (χ1v) is 18.6. The summed E-state index contributed by atoms with van der Waals surface area (Å²) in [7, 11) is 0. The van der Waals surface area contributed by atoms with Crippen molar-refractivity contribution >= 4 is 70.5 Å². The lowest BCUT2D eigenvalue weighted by atomic mass is 9.68. The van der Waals surface area contributed by atoms with Crippen molar-refractivity contribution in [3.05, 3.63) is 210 Å². The van der Waals surface area contributed by atoms with Crippen molar-refractivity contribution in [3.63, 3.8) is 0 Å². The molecule has 3 heteroatoms. The highest BCUT2D eigenvalue weighted by Gasteiger charge is 2.47. The summed E-state index contributed by atoms with van der Waals surface area (Å²) in [5.41, 5.74) is 12.4. The number of fused-ring (bicyclic) bond motifs is 10. The predicted octanol–water partition coefficient (Wildman–Crippen LogP) is 13.8. The zero-order valence-electron chi connectivity index (χ0n) is 28.2. The minimum absolute atomic E-state index is 0.492. The molecule has 0 amide bonds. The van der Waals surface area contributed by atoms with E-state index in [1.165, 1.54) is 53.6 Å². The molecule has 0 N–H and O–H groups in total. The number of para-hydroxylation sites is 2. The van der Waals surface area contributed by atoms with Crippen LogP contribution in [0.4, 0.5) is 17.1 Å². The summed E-state index contributed by atoms with van der Waals surface area (Å²) in [5, 5.41) is 4.67. The van der Waals surface area contributed by atoms with Gasteiger partial charge in [-0.2, -0.15) is 0 Å². The lowest BCUT2D eigenvalue weighted by Gasteiger charge is -2.34. The summed E-state index contributed by atoms with van der Waals surface area (Å²) in [5.74, 6) is 0. The first kappa shape index (κ1) is 29.3. The zero-order valence-corrected chi connectivity index (χ0v) is 29.0. The second-order valence-electron chi connectivity index (χ2n) is 13.6. The van der Waals surface area contributed by atoms with E-state index in [4.69, 9.17) is 4.42 Å². The van der Waals surface area contributed by atoms with Gasteiger partial charge in [-0.1, -0.05) is 140 Å². The predicted molar refractivity (Wildman–Crippen MR) is 219 cm³/mol. The van der Waals surface area contributed by atoms with E-state index in [9.17, 15) is 0 Å². The molecule has 0 saturated heterocycles. The van der Waals surface area contributed by atoms with E-state index in [0.717, 1.165) is 39.0 Å². The van der Waals surface area contributed by atoms with Gasteiger partial charge in [0.1, 0.15) is 11.2 Å². The number of benzene rings is 8. The Balaban J connectivity index is 1.27. The standard InChI is InChI=1S/C49H31NOS/c1-4-16-32(17-5-1)49(33-18-6-2-7-19-33)38-24-12-10-23-37(38)45-39(49)25-14-26-40(45)50(34-20-8-3-9-21-34)41-27-15-29-43-46(41)47-44(52-43)31-30-36-35-22-11-13-28-42(35)51-48(36)47/h1-31H. The van der Waals surface area contributed by atoms with Crippen LogP contribution in [-0.2, 0) is 5.41 Å². The topological polar surface area (TPSA) is 16.4 Å². The van der Waals surface area contributed by atoms with Gasteiger partial charge in [0.15, 0.2) is 0 Å². The fourth-order valence-electron chi connectivity index (χ4n) is 8.90. The van der Waals surface area contributed by atoms with Crippen molar-refractivity contribution in [1.82, 2.24) is 0 Å². The molecule has 2 aromatic heterocycles. The fourth-order valence-corrected chi connectivity index (χ4v) is 10.0. The number of hydrogen-bond acceptors (Lipinski definition) is 3. The summed E-state index contributed by atoms with van der Waals surface area (Å²) < 4.78 is 9.17. The highest BCUT2D eigenvalue weighted by Crippen LogP contribution is 2.60. The lowest BCUT2D eigenvalue weighted by molar-refractivity contribution is 0.673. The van der Waals surface area contributed by atoms with Gasteiger partial charge < -0.3 is 9.32 Å². The molecule has 8 aromatic carbocycles. The second-order valence-corrected chi connectivity index (χ2v) is 14.6. The maximum Gasteiger partial charge on any atom is 0.144 e. The van der Waals surface area contributed by atoms with E-state index in [0.29, 0.717) is 0 Å². The lowest BCUT2D eigenvalue weighted by Crippen LogP contribution is -2.28. The van der Waals surface area contributed by atoms with Gasteiger partial charge in [0.05, 0.1) is 16.8 Å². The Hall–Kier alpha value is -6.42. The molecule has 2 nitrogen and oxygen atoms in total. The molecule has 0 saturated carbocycles. The van der Waals surface area contributed by atoms with Gasteiger partial charge >= 0.3 is 0 Å². The number of anilines is 3. The average molecular weight is 682 g/mol. The highest BCUT2D eigenvalue weighted by molar-refractivity contribution is 7.26. The smallest absolute Gasteiger partial charge is 0.144 e. The summed E-state index contributed by atoms with van der Waals surface area (Å²) in [4.78, 5) is 2.48. The Labute approximate surface area is 305 Å². The Morgan fingerprint density at radius 1 is 0.442 bits per heavy atom. The van der Waals surface area contributed by atoms with Crippen molar-refractivity contribution < 1.29 is 4.42 Å². The van der Waals surface area contributed by atoms with Crippen LogP contribution in [0.3, 0.4) is 0 Å². The molecule has 0 spiro atoms. The molecular weight excluding hydrogens is 651 g/mol. The summed E-state index contributed by atoms with van der Waals surface area (Å²) in [6, 6.07) is 68.4. The first-order valence-electron chi connectivity index (χ1n) is 17.8. The molecule has 2 heterocycles. The molecule has 0 aliphatic heterocycles. The molecule has 10 aromatic rings. The van der Waals surface area contributed by atoms with E-state index in [1.54, 1.807) is 0 Å². The Morgan fingerprint density at radius 3 is 1.85 bits per heavy atom. The van der Waals surface area contributed by atoms with Gasteiger partial charge in [-0.25, -0.2) is 0 Å². The summed E-state index contributed by atoms with van der Waals surface area (Å²) in [6.07, 6.45) is 0. The number of rotatable bonds is 5. The van der Waals surface area contributed by atoms with Crippen LogP contribution in [0.1, 0.15) is 22.3 Å². The Morgan fingerprint density at radius 2 is 1.06 bits per heavy atom. The van der Waals surface area contributed by atoms with Crippen LogP contribution in [-0.4, -0.2) is 0 Å². The van der Waals surface area contributed by atoms with Crippen molar-refractivity contribution in [1.29, 1.82) is 0 Å². The van der Waals surface area contributed by atoms with E-state index >= 15 is 0 Å². The number of furan rings is 1. The summed E-state index contributed by atoms with van der Waals surface area (Å²) >= 11 is 1.83. The highest BCUT2D eigenvalue weighted by atomic mass is 32.1. The minimum atomic E-state index is -0.492. The number of nitrogens with zero attached hydrogens (tertiary/aromatic N) is 1. The molecular formula is C49H31NOS. The van der Waals surface area contributed by atoms with Crippen LogP contribution in [0, 0.1) is 0 Å². The van der Waals surface area contributed by atoms with E-state index in [2.05, 4.69) is 193 Å². The maximum atomic E-state index is 6.71. The normalized spacial score (nSPS) is 13.2. The Kier molecular flexibility index (Phi) is 6.37. The summed E-state index contributed by atoms with van der Waals surface area (Å²) in [6.45, 7) is 0. The zero-order chi connectivity index (χ0) is 34.2. The van der Waals surface area contributed by atoms with E-state index in [-0.39, 0.29) is 0 Å². The van der Waals surface area contributed by atoms with Crippen LogP contribution >= 0.6 is 11.3 Å². The third-order valence-electron chi connectivity index (χ3n) is 10.9. The minimum Gasteiger partial charge on any atom is -0.455 e. The molecule has 0 bridgehead atoms. The van der Waals surface area contributed by atoms with Crippen molar-refractivity contribution in [2.45, 2.75) is 5.41 Å². The average Bonchev–Trinajstić information content (AvgIpc) is 3.88. The molecule has 0 atom stereocenters. The first-order chi connectivity index (χ1) is 25.8. The third kappa shape index (κ3) is 4.00. The maximum absolute atomic E-state index is 6.71. The van der Waals surface area contributed by atoms with Crippen LogP contribution in [0.2, 0.25) is 0 Å². The second kappa shape index (κ2) is 11.3. The van der Waals surface area contributed by atoms with Crippen LogP contribution in [0.5, 0.6) is 0 Å². The quantitative estimate of drug-likeness (QED) is 0.180. The molecule has 11 rings (SSSR count). The van der Waals surface area contributed by atoms with Crippen molar-refractivity contribution in [2.75, 3.05) is 4.90 Å². The van der Waals surface area contributed by atoms with Crippen LogP contribution < -0.4 is 4.90 Å². The van der Waals surface area contributed by atoms with E-state index in [1.807, 2.05) is 11.3 Å². The van der Waals surface area contributed by atoms with Crippen LogP contribution in [0.25, 0.3) is 53.2 Å². The van der Waals surface area contributed by atoms with Crippen molar-refractivity contribution in [3.8, 4) is 11.1 Å². The Bertz CT molecular complexity index is 2920. The molecule has 1 aliphatic carbocycles. The molecule has 0 fully saturated rings. The van der Waals surface area contributed by atoms with Crippen molar-refractivity contribution in [2.24, 2.45) is 0 Å². The monoisotopic (exact) mass is 681 g/mol. The number of thiophene rings is 1. The van der Waals surface area contributed by atoms with Gasteiger partial charge in [0.2, 0.25) is 0 Å². The van der Waals surface area contributed by atoms with Gasteiger partial charge in [0, 0.05) is 42.2 Å². The third-order valence-corrected chi connectivity index (χ3v) is 12.1. The number of hydrogen-bond donors (Lipinski definition) is 0.